The van der Waals surface area contributed by atoms with Crippen molar-refractivity contribution in [1.82, 2.24) is 0 Å². The molecule has 96 valence electrons. The van der Waals surface area contributed by atoms with Crippen LogP contribution >= 0.6 is 15.9 Å². The highest BCUT2D eigenvalue weighted by Crippen LogP contribution is 2.12. The lowest BCUT2D eigenvalue weighted by Crippen LogP contribution is -2.15. The van der Waals surface area contributed by atoms with E-state index < -0.39 is 4.92 Å². The third-order valence-corrected chi connectivity index (χ3v) is 2.87. The second-order valence-corrected chi connectivity index (χ2v) is 4.59. The number of amidine groups is 1. The quantitative estimate of drug-likeness (QED) is 0.407. The van der Waals surface area contributed by atoms with Crippen molar-refractivity contribution in [3.05, 3.63) is 74.7 Å². The van der Waals surface area contributed by atoms with Crippen LogP contribution in [0.5, 0.6) is 0 Å². The van der Waals surface area contributed by atoms with Gasteiger partial charge in [-0.25, -0.2) is 0 Å². The van der Waals surface area contributed by atoms with E-state index in [1.165, 1.54) is 0 Å². The smallest absolute Gasteiger partial charge is 0.358 e. The first-order valence-electron chi connectivity index (χ1n) is 5.46. The van der Waals surface area contributed by atoms with E-state index in [0.717, 1.165) is 4.47 Å². The standard InChI is InChI=1S/C13H10BrN3O2/c14-11-8-6-10(7-9-11)13(17(18)19)16-15-12-4-2-1-3-5-12/h1-9,15H. The van der Waals surface area contributed by atoms with Gasteiger partial charge < -0.3 is 10.1 Å². The normalized spacial score (nSPS) is 11.1. The molecule has 1 N–H and O–H groups in total. The van der Waals surface area contributed by atoms with Gasteiger partial charge in [-0.3, -0.25) is 0 Å². The molecule has 0 fully saturated rings. The fourth-order valence-electron chi connectivity index (χ4n) is 1.44. The van der Waals surface area contributed by atoms with Gasteiger partial charge in [0.2, 0.25) is 0 Å². The zero-order valence-electron chi connectivity index (χ0n) is 9.79. The van der Waals surface area contributed by atoms with Gasteiger partial charge in [-0.05, 0) is 41.3 Å². The fourth-order valence-corrected chi connectivity index (χ4v) is 1.70. The number of nitrogens with one attached hydrogen (secondary N) is 1. The topological polar surface area (TPSA) is 67.5 Å². The van der Waals surface area contributed by atoms with Gasteiger partial charge in [-0.1, -0.05) is 34.1 Å². The summed E-state index contributed by atoms with van der Waals surface area (Å²) in [5, 5.41) is 14.9. The van der Waals surface area contributed by atoms with Crippen LogP contribution in [-0.4, -0.2) is 10.8 Å². The van der Waals surface area contributed by atoms with Crippen LogP contribution in [0.25, 0.3) is 0 Å². The molecule has 0 radical (unpaired) electrons. The van der Waals surface area contributed by atoms with Gasteiger partial charge in [0.15, 0.2) is 0 Å². The molecule has 0 atom stereocenters. The minimum absolute atomic E-state index is 0.226. The summed E-state index contributed by atoms with van der Waals surface area (Å²) in [4.78, 5) is 10.5. The molecule has 0 aliphatic carbocycles. The molecule has 6 heteroatoms. The molecule has 2 aromatic carbocycles. The molecule has 0 spiro atoms. The maximum Gasteiger partial charge on any atom is 0.395 e. The molecule has 0 saturated carbocycles. The Hall–Kier alpha value is -2.21. The number of halogens is 1. The van der Waals surface area contributed by atoms with E-state index in [2.05, 4.69) is 26.5 Å². The van der Waals surface area contributed by atoms with Crippen LogP contribution in [0.15, 0.2) is 64.2 Å². The molecular weight excluding hydrogens is 310 g/mol. The predicted molar refractivity (Wildman–Crippen MR) is 77.7 cm³/mol. The largest absolute Gasteiger partial charge is 0.395 e. The molecule has 2 aromatic rings. The Morgan fingerprint density at radius 3 is 2.32 bits per heavy atom. The lowest BCUT2D eigenvalue weighted by molar-refractivity contribution is -0.349. The monoisotopic (exact) mass is 319 g/mol. The predicted octanol–water partition coefficient (Wildman–Crippen LogP) is 3.50. The first-order chi connectivity index (χ1) is 9.16. The van der Waals surface area contributed by atoms with Crippen molar-refractivity contribution in [1.29, 1.82) is 0 Å². The van der Waals surface area contributed by atoms with Crippen LogP contribution in [0, 0.1) is 10.1 Å². The first-order valence-corrected chi connectivity index (χ1v) is 6.25. The second kappa shape index (κ2) is 6.10. The third kappa shape index (κ3) is 3.62. The molecule has 19 heavy (non-hydrogen) atoms. The van der Waals surface area contributed by atoms with Crippen LogP contribution in [0.1, 0.15) is 5.56 Å². The Morgan fingerprint density at radius 1 is 1.11 bits per heavy atom. The molecule has 5 nitrogen and oxygen atoms in total. The van der Waals surface area contributed by atoms with Crippen LogP contribution in [-0.2, 0) is 0 Å². The molecule has 0 heterocycles. The number of benzene rings is 2. The molecule has 0 bridgehead atoms. The van der Waals surface area contributed by atoms with Crippen molar-refractivity contribution < 1.29 is 4.92 Å². The zero-order valence-corrected chi connectivity index (χ0v) is 11.4. The van der Waals surface area contributed by atoms with E-state index in [0.29, 0.717) is 11.3 Å². The highest BCUT2D eigenvalue weighted by molar-refractivity contribution is 9.10. The SMILES string of the molecule is O=[N+]([O-])C(=NNc1ccccc1)c1ccc(Br)cc1. The van der Waals surface area contributed by atoms with Gasteiger partial charge in [-0.2, -0.15) is 5.43 Å². The van der Waals surface area contributed by atoms with Crippen molar-refractivity contribution in [2.45, 2.75) is 0 Å². The summed E-state index contributed by atoms with van der Waals surface area (Å²) in [6, 6.07) is 15.8. The summed E-state index contributed by atoms with van der Waals surface area (Å²) in [7, 11) is 0. The summed E-state index contributed by atoms with van der Waals surface area (Å²) in [5.74, 6) is -0.226. The van der Waals surface area contributed by atoms with Gasteiger partial charge in [-0.15, -0.1) is 0 Å². The molecule has 0 aromatic heterocycles. The number of hydrogen-bond acceptors (Lipinski definition) is 4. The highest BCUT2D eigenvalue weighted by atomic mass is 79.9. The van der Waals surface area contributed by atoms with Crippen LogP contribution in [0.3, 0.4) is 0 Å². The van der Waals surface area contributed by atoms with Crippen molar-refractivity contribution >= 4 is 27.5 Å². The highest BCUT2D eigenvalue weighted by Gasteiger charge is 2.16. The fraction of sp³-hybridized carbons (Fsp3) is 0. The Balaban J connectivity index is 2.25. The summed E-state index contributed by atoms with van der Waals surface area (Å²) in [6.07, 6.45) is 0. The second-order valence-electron chi connectivity index (χ2n) is 3.68. The lowest BCUT2D eigenvalue weighted by Gasteiger charge is -2.00. The molecule has 0 amide bonds. The number of rotatable bonds is 3. The molecular formula is C13H10BrN3O2. The number of hydrogen-bond donors (Lipinski definition) is 1. The Kier molecular flexibility index (Phi) is 4.25. The van der Waals surface area contributed by atoms with E-state index in [-0.39, 0.29) is 5.84 Å². The minimum Gasteiger partial charge on any atom is -0.358 e. The third-order valence-electron chi connectivity index (χ3n) is 2.34. The molecule has 0 unspecified atom stereocenters. The number of nitro groups is 1. The van der Waals surface area contributed by atoms with E-state index in [9.17, 15) is 10.1 Å². The van der Waals surface area contributed by atoms with Crippen molar-refractivity contribution in [2.75, 3.05) is 5.43 Å². The van der Waals surface area contributed by atoms with Crippen molar-refractivity contribution in [3.63, 3.8) is 0 Å². The van der Waals surface area contributed by atoms with Gasteiger partial charge in [0.1, 0.15) is 0 Å². The number of para-hydroxylation sites is 1. The van der Waals surface area contributed by atoms with Gasteiger partial charge >= 0.3 is 5.84 Å². The van der Waals surface area contributed by atoms with Crippen molar-refractivity contribution in [3.8, 4) is 0 Å². The van der Waals surface area contributed by atoms with E-state index in [1.807, 2.05) is 18.2 Å². The average molecular weight is 320 g/mol. The minimum atomic E-state index is -0.515. The molecule has 2 rings (SSSR count). The Morgan fingerprint density at radius 2 is 1.74 bits per heavy atom. The summed E-state index contributed by atoms with van der Waals surface area (Å²) < 4.78 is 0.856. The van der Waals surface area contributed by atoms with Gasteiger partial charge in [0, 0.05) is 4.47 Å². The average Bonchev–Trinajstić information content (AvgIpc) is 2.42. The number of hydrazone groups is 1. The van der Waals surface area contributed by atoms with Crippen molar-refractivity contribution in [2.24, 2.45) is 5.10 Å². The van der Waals surface area contributed by atoms with E-state index in [1.54, 1.807) is 36.4 Å². The molecule has 0 saturated heterocycles. The van der Waals surface area contributed by atoms with Gasteiger partial charge in [0.05, 0.1) is 16.4 Å². The Bertz CT molecular complexity index is 597. The maximum absolute atomic E-state index is 11.0. The molecule has 0 aliphatic heterocycles. The van der Waals surface area contributed by atoms with Crippen LogP contribution in [0.4, 0.5) is 5.69 Å². The Labute approximate surface area is 118 Å². The van der Waals surface area contributed by atoms with Crippen LogP contribution in [0.2, 0.25) is 0 Å². The number of anilines is 1. The molecule has 0 aliphatic rings. The van der Waals surface area contributed by atoms with E-state index >= 15 is 0 Å². The first kappa shape index (κ1) is 13.2. The summed E-state index contributed by atoms with van der Waals surface area (Å²) >= 11 is 3.28. The zero-order chi connectivity index (χ0) is 13.7. The number of nitrogens with zero attached hydrogens (tertiary/aromatic N) is 2. The van der Waals surface area contributed by atoms with E-state index in [4.69, 9.17) is 0 Å². The maximum atomic E-state index is 11.0. The lowest BCUT2D eigenvalue weighted by atomic mass is 10.2. The van der Waals surface area contributed by atoms with Gasteiger partial charge in [0.25, 0.3) is 0 Å². The van der Waals surface area contributed by atoms with Crippen LogP contribution < -0.4 is 5.43 Å². The summed E-state index contributed by atoms with van der Waals surface area (Å²) in [6.45, 7) is 0. The summed E-state index contributed by atoms with van der Waals surface area (Å²) in [5.41, 5.74) is 3.81.